The van der Waals surface area contributed by atoms with E-state index in [9.17, 15) is 23.1 Å². The van der Waals surface area contributed by atoms with E-state index in [0.29, 0.717) is 24.3 Å². The van der Waals surface area contributed by atoms with E-state index in [-0.39, 0.29) is 23.8 Å². The van der Waals surface area contributed by atoms with Crippen LogP contribution in [0.25, 0.3) is 11.1 Å². The van der Waals surface area contributed by atoms with Gasteiger partial charge in [-0.2, -0.15) is 4.72 Å². The van der Waals surface area contributed by atoms with Crippen LogP contribution in [-0.2, 0) is 26.0 Å². The van der Waals surface area contributed by atoms with Crippen LogP contribution in [0.3, 0.4) is 0 Å². The van der Waals surface area contributed by atoms with Gasteiger partial charge in [-0.15, -0.1) is 0 Å². The Morgan fingerprint density at radius 3 is 2.08 bits per heavy atom. The number of aliphatic carboxylic acids is 1. The second-order valence-corrected chi connectivity index (χ2v) is 10.5. The molecule has 0 radical (unpaired) electrons. The summed E-state index contributed by atoms with van der Waals surface area (Å²) in [5.41, 5.74) is 2.85. The van der Waals surface area contributed by atoms with E-state index in [1.165, 1.54) is 17.7 Å². The first-order valence-electron chi connectivity index (χ1n) is 11.7. The first kappa shape index (κ1) is 27.4. The Bertz CT molecular complexity index is 1250. The zero-order valence-corrected chi connectivity index (χ0v) is 21.3. The highest BCUT2D eigenvalue weighted by molar-refractivity contribution is 7.89. The number of carbonyl (C=O) groups is 2. The highest BCUT2D eigenvalue weighted by Crippen LogP contribution is 2.23. The smallest absolute Gasteiger partial charge is 0.321 e. The van der Waals surface area contributed by atoms with E-state index < -0.39 is 22.0 Å². The van der Waals surface area contributed by atoms with Gasteiger partial charge in [0.15, 0.2) is 0 Å². The number of halogens is 1. The van der Waals surface area contributed by atoms with Crippen molar-refractivity contribution in [2.75, 3.05) is 6.54 Å². The Hall–Kier alpha value is -3.20. The topological polar surface area (TPSA) is 113 Å². The van der Waals surface area contributed by atoms with Crippen LogP contribution in [0.4, 0.5) is 0 Å². The molecule has 0 bridgehead atoms. The second kappa shape index (κ2) is 13.2. The van der Waals surface area contributed by atoms with Crippen LogP contribution in [-0.4, -0.2) is 38.0 Å². The van der Waals surface area contributed by atoms with Crippen molar-refractivity contribution >= 4 is 33.5 Å². The lowest BCUT2D eigenvalue weighted by atomic mass is 10.1. The summed E-state index contributed by atoms with van der Waals surface area (Å²) in [4.78, 5) is 23.7. The van der Waals surface area contributed by atoms with E-state index in [4.69, 9.17) is 11.6 Å². The van der Waals surface area contributed by atoms with Gasteiger partial charge < -0.3 is 10.4 Å². The summed E-state index contributed by atoms with van der Waals surface area (Å²) in [6, 6.07) is 21.9. The average molecular weight is 529 g/mol. The zero-order valence-electron chi connectivity index (χ0n) is 19.7. The normalized spacial score (nSPS) is 12.1. The van der Waals surface area contributed by atoms with Crippen molar-refractivity contribution in [2.45, 2.75) is 43.0 Å². The van der Waals surface area contributed by atoms with Crippen molar-refractivity contribution < 1.29 is 23.1 Å². The fourth-order valence-electron chi connectivity index (χ4n) is 3.68. The third-order valence-corrected chi connectivity index (χ3v) is 7.38. The van der Waals surface area contributed by atoms with Crippen LogP contribution < -0.4 is 10.0 Å². The van der Waals surface area contributed by atoms with Gasteiger partial charge in [-0.3, -0.25) is 9.59 Å². The minimum absolute atomic E-state index is 0.0295. The molecular formula is C27H29ClN2O5S. The molecule has 3 aromatic carbocycles. The minimum Gasteiger partial charge on any atom is -0.480 e. The van der Waals surface area contributed by atoms with Gasteiger partial charge >= 0.3 is 5.97 Å². The van der Waals surface area contributed by atoms with Crippen molar-refractivity contribution in [1.82, 2.24) is 10.0 Å². The Kier molecular flexibility index (Phi) is 10.0. The third kappa shape index (κ3) is 8.48. The molecule has 0 aliphatic rings. The number of sulfonamides is 1. The van der Waals surface area contributed by atoms with E-state index in [1.54, 1.807) is 24.3 Å². The van der Waals surface area contributed by atoms with Gasteiger partial charge in [0.05, 0.1) is 4.90 Å². The number of benzene rings is 3. The molecule has 0 aliphatic carbocycles. The SMILES string of the molecule is O=C(CCCc1ccccc1)NCCCC(NS(=O)(=O)c1ccc(-c2ccc(Cl)cc2)cc1)C(=O)O. The van der Waals surface area contributed by atoms with Gasteiger partial charge in [-0.05, 0) is 66.6 Å². The predicted octanol–water partition coefficient (Wildman–Crippen LogP) is 4.66. The lowest BCUT2D eigenvalue weighted by molar-refractivity contribution is -0.139. The highest BCUT2D eigenvalue weighted by Gasteiger charge is 2.25. The first-order valence-corrected chi connectivity index (χ1v) is 13.5. The molecule has 1 unspecified atom stereocenters. The summed E-state index contributed by atoms with van der Waals surface area (Å²) in [5, 5.41) is 12.9. The fourth-order valence-corrected chi connectivity index (χ4v) is 5.03. The summed E-state index contributed by atoms with van der Waals surface area (Å²) in [6.07, 6.45) is 2.25. The maximum Gasteiger partial charge on any atom is 0.321 e. The summed E-state index contributed by atoms with van der Waals surface area (Å²) in [7, 11) is -4.04. The van der Waals surface area contributed by atoms with Crippen molar-refractivity contribution in [3.05, 3.63) is 89.4 Å². The second-order valence-electron chi connectivity index (χ2n) is 8.37. The zero-order chi connectivity index (χ0) is 26.0. The van der Waals surface area contributed by atoms with Crippen LogP contribution in [0.15, 0.2) is 83.8 Å². The quantitative estimate of drug-likeness (QED) is 0.279. The van der Waals surface area contributed by atoms with Gasteiger partial charge in [-0.1, -0.05) is 66.2 Å². The first-order chi connectivity index (χ1) is 17.2. The molecule has 3 N–H and O–H groups in total. The molecule has 3 rings (SSSR count). The van der Waals surface area contributed by atoms with Crippen LogP contribution >= 0.6 is 11.6 Å². The molecule has 3 aromatic rings. The molecule has 0 fully saturated rings. The van der Waals surface area contributed by atoms with Crippen LogP contribution in [0, 0.1) is 0 Å². The Morgan fingerprint density at radius 1 is 0.861 bits per heavy atom. The number of carboxylic acids is 1. The van der Waals surface area contributed by atoms with Crippen LogP contribution in [0.5, 0.6) is 0 Å². The molecule has 1 amide bonds. The summed E-state index contributed by atoms with van der Waals surface area (Å²) < 4.78 is 27.8. The minimum atomic E-state index is -4.04. The van der Waals surface area contributed by atoms with Gasteiger partial charge in [0.2, 0.25) is 15.9 Å². The van der Waals surface area contributed by atoms with Gasteiger partial charge in [-0.25, -0.2) is 8.42 Å². The van der Waals surface area contributed by atoms with Crippen molar-refractivity contribution in [3.63, 3.8) is 0 Å². The predicted molar refractivity (Wildman–Crippen MR) is 140 cm³/mol. The number of carbonyl (C=O) groups excluding carboxylic acids is 1. The van der Waals surface area contributed by atoms with E-state index in [2.05, 4.69) is 10.0 Å². The van der Waals surface area contributed by atoms with E-state index in [0.717, 1.165) is 17.5 Å². The van der Waals surface area contributed by atoms with Crippen molar-refractivity contribution in [2.24, 2.45) is 0 Å². The average Bonchev–Trinajstić information content (AvgIpc) is 2.87. The number of amides is 1. The number of hydrogen-bond donors (Lipinski definition) is 3. The maximum absolute atomic E-state index is 12.8. The number of nitrogens with one attached hydrogen (secondary N) is 2. The molecule has 1 atom stereocenters. The van der Waals surface area contributed by atoms with E-state index >= 15 is 0 Å². The van der Waals surface area contributed by atoms with Gasteiger partial charge in [0.1, 0.15) is 6.04 Å². The molecule has 36 heavy (non-hydrogen) atoms. The molecule has 0 saturated heterocycles. The lowest BCUT2D eigenvalue weighted by Crippen LogP contribution is -2.41. The summed E-state index contributed by atoms with van der Waals surface area (Å²) in [6.45, 7) is 0.269. The standard InChI is InChI=1S/C27H29ClN2O5S/c28-23-15-11-21(12-16-23)22-13-17-24(18-14-22)36(34,35)30-25(27(32)33)9-5-19-29-26(31)10-4-8-20-6-2-1-3-7-20/h1-3,6-7,11-18,25,30H,4-5,8-10,19H2,(H,29,31)(H,32,33). The molecular weight excluding hydrogens is 500 g/mol. The van der Waals surface area contributed by atoms with Crippen LogP contribution in [0.1, 0.15) is 31.2 Å². The molecule has 190 valence electrons. The summed E-state index contributed by atoms with van der Waals surface area (Å²) >= 11 is 5.90. The number of aryl methyl sites for hydroxylation is 1. The summed E-state index contributed by atoms with van der Waals surface area (Å²) in [5.74, 6) is -1.38. The Morgan fingerprint density at radius 2 is 1.47 bits per heavy atom. The fraction of sp³-hybridized carbons (Fsp3) is 0.259. The van der Waals surface area contributed by atoms with E-state index in [1.807, 2.05) is 42.5 Å². The van der Waals surface area contributed by atoms with Gasteiger partial charge in [0.25, 0.3) is 0 Å². The Labute approximate surface area is 216 Å². The van der Waals surface area contributed by atoms with Crippen LogP contribution in [0.2, 0.25) is 5.02 Å². The molecule has 0 aliphatic heterocycles. The molecule has 0 spiro atoms. The van der Waals surface area contributed by atoms with Crippen molar-refractivity contribution in [1.29, 1.82) is 0 Å². The third-order valence-electron chi connectivity index (χ3n) is 5.64. The largest absolute Gasteiger partial charge is 0.480 e. The molecule has 0 saturated carbocycles. The molecule has 0 aromatic heterocycles. The lowest BCUT2D eigenvalue weighted by Gasteiger charge is -2.15. The maximum atomic E-state index is 12.8. The Balaban J connectivity index is 1.46. The highest BCUT2D eigenvalue weighted by atomic mass is 35.5. The number of rotatable bonds is 13. The molecule has 9 heteroatoms. The molecule has 7 nitrogen and oxygen atoms in total. The van der Waals surface area contributed by atoms with Gasteiger partial charge in [0, 0.05) is 18.0 Å². The number of carboxylic acid groups (broad SMARTS) is 1. The van der Waals surface area contributed by atoms with Crippen molar-refractivity contribution in [3.8, 4) is 11.1 Å². The molecule has 0 heterocycles. The number of hydrogen-bond acceptors (Lipinski definition) is 4. The monoisotopic (exact) mass is 528 g/mol.